The molecule has 1 N–H and O–H groups in total. The van der Waals surface area contributed by atoms with Crippen molar-refractivity contribution in [2.45, 2.75) is 26.6 Å². The maximum atomic E-state index is 13.9. The lowest BCUT2D eigenvalue weighted by molar-refractivity contribution is 0.213. The highest BCUT2D eigenvalue weighted by Gasteiger charge is 2.25. The van der Waals surface area contributed by atoms with Crippen LogP contribution in [0.4, 0.5) is 4.39 Å². The van der Waals surface area contributed by atoms with Gasteiger partial charge < -0.3 is 9.84 Å². The molecule has 0 radical (unpaired) electrons. The number of fused-ring (bicyclic) bond motifs is 3. The number of nitrogens with zero attached hydrogens (tertiary/aromatic N) is 3. The summed E-state index contributed by atoms with van der Waals surface area (Å²) in [6, 6.07) is 15.6. The van der Waals surface area contributed by atoms with Crippen molar-refractivity contribution < 1.29 is 14.2 Å². The zero-order valence-corrected chi connectivity index (χ0v) is 18.7. The Morgan fingerprint density at radius 3 is 2.82 bits per heavy atom. The summed E-state index contributed by atoms with van der Waals surface area (Å²) in [6.07, 6.45) is 0.852. The van der Waals surface area contributed by atoms with E-state index in [1.807, 2.05) is 31.3 Å². The molecule has 2 aromatic carbocycles. The van der Waals surface area contributed by atoms with Crippen molar-refractivity contribution in [2.24, 2.45) is 0 Å². The molecule has 0 bridgehead atoms. The predicted octanol–water partition coefficient (Wildman–Crippen LogP) is 5.75. The van der Waals surface area contributed by atoms with Crippen LogP contribution in [0.2, 0.25) is 5.02 Å². The summed E-state index contributed by atoms with van der Waals surface area (Å²) < 4.78 is 21.6. The van der Waals surface area contributed by atoms with Gasteiger partial charge in [0.1, 0.15) is 24.3 Å². The van der Waals surface area contributed by atoms with Crippen LogP contribution in [0.5, 0.6) is 5.75 Å². The summed E-state index contributed by atoms with van der Waals surface area (Å²) in [5, 5.41) is 21.4. The second-order valence-electron chi connectivity index (χ2n) is 7.99. The lowest BCUT2D eigenvalue weighted by Gasteiger charge is -2.16. The molecule has 0 amide bonds. The van der Waals surface area contributed by atoms with Gasteiger partial charge in [0.15, 0.2) is 5.65 Å². The van der Waals surface area contributed by atoms with Crippen LogP contribution in [0.25, 0.3) is 11.2 Å². The molecule has 0 saturated heterocycles. The van der Waals surface area contributed by atoms with E-state index in [9.17, 15) is 14.8 Å². The number of hydrogen-bond donors (Lipinski definition) is 1. The van der Waals surface area contributed by atoms with E-state index in [2.05, 4.69) is 11.1 Å². The van der Waals surface area contributed by atoms with Crippen molar-refractivity contribution in [3.05, 3.63) is 105 Å². The first-order valence-electron chi connectivity index (χ1n) is 10.4. The van der Waals surface area contributed by atoms with Crippen LogP contribution in [-0.4, -0.2) is 14.5 Å². The fraction of sp³-hybridized carbons (Fsp3) is 0.154. The smallest absolute Gasteiger partial charge is 0.156 e. The Hall–Kier alpha value is -3.66. The number of imidazole rings is 1. The second kappa shape index (κ2) is 8.04. The average molecular weight is 460 g/mol. The average Bonchev–Trinajstić information content (AvgIpc) is 3.06. The number of halogens is 2. The Morgan fingerprint density at radius 2 is 2.03 bits per heavy atom. The zero-order chi connectivity index (χ0) is 23.3. The van der Waals surface area contributed by atoms with Crippen molar-refractivity contribution in [3.8, 4) is 11.8 Å². The maximum Gasteiger partial charge on any atom is 0.156 e. The molecule has 7 heteroatoms. The standard InChI is InChI=1S/C26H19ClFN3O2/c1-14(12-29)23-19-7-5-16(10-17(19)13-33-22-11-18(28)6-8-20(22)23)25(32)24-15(2)30-26-21(27)4-3-9-31(24)26/h3-11,25,32H,13H2,1-2H3/b23-14-. The molecule has 164 valence electrons. The number of hydrogen-bond acceptors (Lipinski definition) is 4. The van der Waals surface area contributed by atoms with Gasteiger partial charge in [-0.15, -0.1) is 0 Å². The Balaban J connectivity index is 1.65. The number of ether oxygens (including phenoxy) is 1. The quantitative estimate of drug-likeness (QED) is 0.387. The number of pyridine rings is 1. The molecule has 33 heavy (non-hydrogen) atoms. The molecule has 0 aliphatic carbocycles. The molecule has 0 fully saturated rings. The number of nitriles is 1. The van der Waals surface area contributed by atoms with Crippen LogP contribution >= 0.6 is 11.6 Å². The van der Waals surface area contributed by atoms with Gasteiger partial charge in [0, 0.05) is 29.0 Å². The lowest BCUT2D eigenvalue weighted by Crippen LogP contribution is -2.07. The monoisotopic (exact) mass is 459 g/mol. The predicted molar refractivity (Wildman–Crippen MR) is 123 cm³/mol. The minimum absolute atomic E-state index is 0.173. The fourth-order valence-electron chi connectivity index (χ4n) is 4.38. The van der Waals surface area contributed by atoms with Gasteiger partial charge >= 0.3 is 0 Å². The van der Waals surface area contributed by atoms with Crippen molar-refractivity contribution in [1.82, 2.24) is 9.38 Å². The topological polar surface area (TPSA) is 70.5 Å². The number of aliphatic hydroxyl groups is 1. The highest BCUT2D eigenvalue weighted by Crippen LogP contribution is 2.40. The molecule has 5 rings (SSSR count). The van der Waals surface area contributed by atoms with Gasteiger partial charge in [-0.1, -0.05) is 23.7 Å². The van der Waals surface area contributed by atoms with E-state index in [-0.39, 0.29) is 6.61 Å². The first-order chi connectivity index (χ1) is 15.9. The molecule has 0 spiro atoms. The van der Waals surface area contributed by atoms with Gasteiger partial charge in [0.2, 0.25) is 0 Å². The van der Waals surface area contributed by atoms with E-state index in [0.29, 0.717) is 50.1 Å². The molecule has 1 aliphatic heterocycles. The molecule has 5 nitrogen and oxygen atoms in total. The molecule has 0 saturated carbocycles. The van der Waals surface area contributed by atoms with E-state index >= 15 is 0 Å². The molecule has 2 aromatic heterocycles. The van der Waals surface area contributed by atoms with Crippen LogP contribution < -0.4 is 4.74 Å². The van der Waals surface area contributed by atoms with E-state index in [0.717, 1.165) is 11.1 Å². The first kappa shape index (κ1) is 21.2. The third kappa shape index (κ3) is 3.46. The summed E-state index contributed by atoms with van der Waals surface area (Å²) in [5.74, 6) is -0.0308. The maximum absolute atomic E-state index is 13.9. The van der Waals surface area contributed by atoms with Crippen LogP contribution in [-0.2, 0) is 6.61 Å². The van der Waals surface area contributed by atoms with Gasteiger partial charge in [0.05, 0.1) is 22.5 Å². The minimum atomic E-state index is -0.962. The normalized spacial score (nSPS) is 15.2. The fourth-order valence-corrected chi connectivity index (χ4v) is 4.59. The number of benzene rings is 2. The Bertz CT molecular complexity index is 1500. The third-order valence-corrected chi connectivity index (χ3v) is 6.23. The minimum Gasteiger partial charge on any atom is -0.488 e. The van der Waals surface area contributed by atoms with Gasteiger partial charge in [-0.2, -0.15) is 5.26 Å². The van der Waals surface area contributed by atoms with Gasteiger partial charge in [-0.25, -0.2) is 9.37 Å². The van der Waals surface area contributed by atoms with Crippen LogP contribution in [0.3, 0.4) is 0 Å². The number of aliphatic hydroxyl groups excluding tert-OH is 1. The van der Waals surface area contributed by atoms with Crippen LogP contribution in [0.15, 0.2) is 60.3 Å². The van der Waals surface area contributed by atoms with E-state index in [4.69, 9.17) is 16.3 Å². The molecular formula is C26H19ClFN3O2. The largest absolute Gasteiger partial charge is 0.488 e. The van der Waals surface area contributed by atoms with Crippen LogP contribution in [0, 0.1) is 24.1 Å². The summed E-state index contributed by atoms with van der Waals surface area (Å²) in [4.78, 5) is 4.51. The Labute approximate surface area is 195 Å². The Morgan fingerprint density at radius 1 is 1.24 bits per heavy atom. The lowest BCUT2D eigenvalue weighted by atomic mass is 9.89. The molecule has 1 aliphatic rings. The summed E-state index contributed by atoms with van der Waals surface area (Å²) in [7, 11) is 0. The number of aryl methyl sites for hydroxylation is 1. The summed E-state index contributed by atoms with van der Waals surface area (Å²) in [5.41, 5.74) is 5.97. The van der Waals surface area contributed by atoms with E-state index in [1.54, 1.807) is 29.5 Å². The highest BCUT2D eigenvalue weighted by molar-refractivity contribution is 6.33. The van der Waals surface area contributed by atoms with Crippen molar-refractivity contribution in [3.63, 3.8) is 0 Å². The van der Waals surface area contributed by atoms with Crippen molar-refractivity contribution in [2.75, 3.05) is 0 Å². The highest BCUT2D eigenvalue weighted by atomic mass is 35.5. The zero-order valence-electron chi connectivity index (χ0n) is 17.9. The second-order valence-corrected chi connectivity index (χ2v) is 8.40. The number of allylic oxidation sites excluding steroid dienone is 1. The number of rotatable bonds is 2. The van der Waals surface area contributed by atoms with E-state index in [1.165, 1.54) is 12.1 Å². The van der Waals surface area contributed by atoms with Gasteiger partial charge in [-0.05, 0) is 60.9 Å². The first-order valence-corrected chi connectivity index (χ1v) is 10.7. The van der Waals surface area contributed by atoms with Crippen molar-refractivity contribution in [1.29, 1.82) is 5.26 Å². The molecule has 4 aromatic rings. The molecule has 1 unspecified atom stereocenters. The molecular weight excluding hydrogens is 441 g/mol. The number of aromatic nitrogens is 2. The van der Waals surface area contributed by atoms with Crippen LogP contribution in [0.1, 0.15) is 46.7 Å². The van der Waals surface area contributed by atoms with E-state index < -0.39 is 11.9 Å². The molecule has 3 heterocycles. The summed E-state index contributed by atoms with van der Waals surface area (Å²) in [6.45, 7) is 3.73. The SMILES string of the molecule is C/C(C#N)=C1\c2ccc(C(O)c3c(C)nc4c(Cl)cccn34)cc2COc2cc(F)ccc21. The van der Waals surface area contributed by atoms with Crippen molar-refractivity contribution >= 4 is 22.8 Å². The van der Waals surface area contributed by atoms with Gasteiger partial charge in [0.25, 0.3) is 0 Å². The summed E-state index contributed by atoms with van der Waals surface area (Å²) >= 11 is 6.28. The van der Waals surface area contributed by atoms with Gasteiger partial charge in [-0.3, -0.25) is 4.40 Å². The Kier molecular flexibility index (Phi) is 5.16. The molecule has 1 atom stereocenters. The third-order valence-electron chi connectivity index (χ3n) is 5.94.